The molecule has 2 amide bonds. The molecule has 0 bridgehead atoms. The smallest absolute Gasteiger partial charge is 0.305 e. The summed E-state index contributed by atoms with van der Waals surface area (Å²) in [7, 11) is 4.69. The molecule has 0 aliphatic carbocycles. The van der Waals surface area contributed by atoms with Crippen LogP contribution in [0.25, 0.3) is 11.1 Å². The molecule has 0 aliphatic rings. The first-order valence-corrected chi connectivity index (χ1v) is 14.2. The first-order valence-electron chi connectivity index (χ1n) is 14.2. The SMILES string of the molecule is COc1cccc(CNC(=O)c2ccccc2-c2ccccc2C(=O)N(CCC(=O)O)CCc2cccc(OC)c2OC)c1. The Morgan fingerprint density at radius 1 is 0.750 bits per heavy atom. The molecule has 228 valence electrons. The van der Waals surface area contributed by atoms with E-state index in [2.05, 4.69) is 5.32 Å². The van der Waals surface area contributed by atoms with E-state index in [0.717, 1.165) is 11.1 Å². The van der Waals surface area contributed by atoms with E-state index in [-0.39, 0.29) is 31.3 Å². The van der Waals surface area contributed by atoms with Crippen molar-refractivity contribution in [2.75, 3.05) is 34.4 Å². The normalized spacial score (nSPS) is 10.5. The van der Waals surface area contributed by atoms with Crippen LogP contribution in [0.5, 0.6) is 17.2 Å². The van der Waals surface area contributed by atoms with Crippen molar-refractivity contribution in [2.24, 2.45) is 0 Å². The molecule has 0 heterocycles. The van der Waals surface area contributed by atoms with Crippen LogP contribution in [-0.4, -0.2) is 62.2 Å². The second-order valence-electron chi connectivity index (χ2n) is 9.96. The van der Waals surface area contributed by atoms with Crippen LogP contribution >= 0.6 is 0 Å². The van der Waals surface area contributed by atoms with E-state index >= 15 is 0 Å². The summed E-state index contributed by atoms with van der Waals surface area (Å²) in [6.45, 7) is 0.547. The number of nitrogens with one attached hydrogen (secondary N) is 1. The van der Waals surface area contributed by atoms with Crippen molar-refractivity contribution in [3.05, 3.63) is 113 Å². The third-order valence-corrected chi connectivity index (χ3v) is 7.22. The second-order valence-corrected chi connectivity index (χ2v) is 9.96. The molecule has 9 heteroatoms. The van der Waals surface area contributed by atoms with Crippen molar-refractivity contribution >= 4 is 17.8 Å². The summed E-state index contributed by atoms with van der Waals surface area (Å²) >= 11 is 0. The van der Waals surface area contributed by atoms with Crippen LogP contribution in [-0.2, 0) is 17.8 Å². The molecule has 0 aromatic heterocycles. The summed E-state index contributed by atoms with van der Waals surface area (Å²) in [6, 6.07) is 27.1. The van der Waals surface area contributed by atoms with Crippen LogP contribution in [0.4, 0.5) is 0 Å². The highest BCUT2D eigenvalue weighted by Crippen LogP contribution is 2.32. The Bertz CT molecular complexity index is 1620. The van der Waals surface area contributed by atoms with E-state index in [9.17, 15) is 19.5 Å². The predicted molar refractivity (Wildman–Crippen MR) is 167 cm³/mol. The number of carbonyl (C=O) groups excluding carboxylic acids is 2. The Kier molecular flexibility index (Phi) is 11.0. The molecule has 0 unspecified atom stereocenters. The highest BCUT2D eigenvalue weighted by molar-refractivity contribution is 6.06. The van der Waals surface area contributed by atoms with Crippen molar-refractivity contribution < 1.29 is 33.7 Å². The quantitative estimate of drug-likeness (QED) is 0.198. The van der Waals surface area contributed by atoms with Gasteiger partial charge in [-0.1, -0.05) is 60.7 Å². The number of rotatable bonds is 14. The number of para-hydroxylation sites is 1. The number of carbonyl (C=O) groups is 3. The van der Waals surface area contributed by atoms with Gasteiger partial charge in [-0.3, -0.25) is 14.4 Å². The average Bonchev–Trinajstić information content (AvgIpc) is 3.06. The fraction of sp³-hybridized carbons (Fsp3) is 0.229. The van der Waals surface area contributed by atoms with E-state index in [1.165, 1.54) is 4.90 Å². The van der Waals surface area contributed by atoms with Gasteiger partial charge in [0.15, 0.2) is 11.5 Å². The summed E-state index contributed by atoms with van der Waals surface area (Å²) in [5, 5.41) is 12.4. The lowest BCUT2D eigenvalue weighted by Crippen LogP contribution is -2.35. The lowest BCUT2D eigenvalue weighted by molar-refractivity contribution is -0.137. The molecular formula is C35H36N2O7. The molecule has 0 radical (unpaired) electrons. The Balaban J connectivity index is 1.62. The molecule has 4 aromatic rings. The lowest BCUT2D eigenvalue weighted by Gasteiger charge is -2.24. The summed E-state index contributed by atoms with van der Waals surface area (Å²) in [4.78, 5) is 40.5. The maximum Gasteiger partial charge on any atom is 0.305 e. The van der Waals surface area contributed by atoms with Crippen molar-refractivity contribution in [3.8, 4) is 28.4 Å². The molecule has 4 aromatic carbocycles. The standard InChI is InChI=1S/C35H36N2O7/c1-42-26-12-8-10-24(22-26)23-36-34(40)29-15-6-4-13-27(29)28-14-5-7-16-30(28)35(41)37(21-19-32(38)39)20-18-25-11-9-17-31(43-2)33(25)44-3/h4-17,22H,18-21,23H2,1-3H3,(H,36,40)(H,38,39). The van der Waals surface area contributed by atoms with Crippen LogP contribution < -0.4 is 19.5 Å². The van der Waals surface area contributed by atoms with Crippen LogP contribution in [0, 0.1) is 0 Å². The van der Waals surface area contributed by atoms with Crippen molar-refractivity contribution in [1.29, 1.82) is 0 Å². The van der Waals surface area contributed by atoms with Crippen LogP contribution in [0.15, 0.2) is 91.0 Å². The summed E-state index contributed by atoms with van der Waals surface area (Å²) in [5.41, 5.74) is 3.65. The summed E-state index contributed by atoms with van der Waals surface area (Å²) in [6.07, 6.45) is 0.198. The van der Waals surface area contributed by atoms with E-state index in [0.29, 0.717) is 52.5 Å². The van der Waals surface area contributed by atoms with Gasteiger partial charge in [0.1, 0.15) is 5.75 Å². The van der Waals surface area contributed by atoms with Gasteiger partial charge in [0, 0.05) is 30.8 Å². The van der Waals surface area contributed by atoms with Crippen LogP contribution in [0.3, 0.4) is 0 Å². The van der Waals surface area contributed by atoms with Crippen LogP contribution in [0.1, 0.15) is 38.3 Å². The number of carboxylic acids is 1. The zero-order valence-corrected chi connectivity index (χ0v) is 25.0. The number of methoxy groups -OCH3 is 3. The minimum absolute atomic E-state index is 0.0114. The van der Waals surface area contributed by atoms with Gasteiger partial charge in [-0.15, -0.1) is 0 Å². The Hall–Kier alpha value is -5.31. The zero-order valence-electron chi connectivity index (χ0n) is 25.0. The van der Waals surface area contributed by atoms with Gasteiger partial charge < -0.3 is 29.5 Å². The van der Waals surface area contributed by atoms with Gasteiger partial charge in [0.05, 0.1) is 27.8 Å². The molecule has 0 atom stereocenters. The minimum atomic E-state index is -1.01. The van der Waals surface area contributed by atoms with E-state index in [4.69, 9.17) is 14.2 Å². The molecule has 0 fully saturated rings. The average molecular weight is 597 g/mol. The minimum Gasteiger partial charge on any atom is -0.497 e. The molecule has 4 rings (SSSR count). The number of amides is 2. The largest absolute Gasteiger partial charge is 0.497 e. The summed E-state index contributed by atoms with van der Waals surface area (Å²) in [5.74, 6) is 0.193. The van der Waals surface area contributed by atoms with Gasteiger partial charge in [-0.25, -0.2) is 0 Å². The topological polar surface area (TPSA) is 114 Å². The monoisotopic (exact) mass is 596 g/mol. The first-order chi connectivity index (χ1) is 21.4. The molecule has 2 N–H and O–H groups in total. The number of hydrogen-bond acceptors (Lipinski definition) is 6. The molecule has 44 heavy (non-hydrogen) atoms. The lowest BCUT2D eigenvalue weighted by atomic mass is 9.94. The summed E-state index contributed by atoms with van der Waals surface area (Å²) < 4.78 is 16.2. The van der Waals surface area contributed by atoms with Gasteiger partial charge in [-0.05, 0) is 59.0 Å². The Labute approximate surface area is 257 Å². The van der Waals surface area contributed by atoms with Gasteiger partial charge in [0.2, 0.25) is 0 Å². The van der Waals surface area contributed by atoms with Crippen molar-refractivity contribution in [3.63, 3.8) is 0 Å². The maximum atomic E-state index is 14.1. The van der Waals surface area contributed by atoms with Crippen molar-refractivity contribution in [1.82, 2.24) is 10.2 Å². The third-order valence-electron chi connectivity index (χ3n) is 7.22. The fourth-order valence-electron chi connectivity index (χ4n) is 5.00. The van der Waals surface area contributed by atoms with Gasteiger partial charge in [-0.2, -0.15) is 0 Å². The first kappa shape index (κ1) is 31.6. The molecule has 0 saturated heterocycles. The molecule has 0 aliphatic heterocycles. The number of ether oxygens (including phenoxy) is 3. The number of nitrogens with zero attached hydrogens (tertiary/aromatic N) is 1. The number of benzene rings is 4. The molecular weight excluding hydrogens is 560 g/mol. The van der Waals surface area contributed by atoms with Gasteiger partial charge in [0.25, 0.3) is 11.8 Å². The number of carboxylic acid groups (broad SMARTS) is 1. The second kappa shape index (κ2) is 15.2. The fourth-order valence-corrected chi connectivity index (χ4v) is 5.00. The van der Waals surface area contributed by atoms with E-state index < -0.39 is 5.97 Å². The molecule has 0 saturated carbocycles. The third kappa shape index (κ3) is 7.74. The van der Waals surface area contributed by atoms with Crippen LogP contribution in [0.2, 0.25) is 0 Å². The highest BCUT2D eigenvalue weighted by atomic mass is 16.5. The zero-order chi connectivity index (χ0) is 31.5. The Morgan fingerprint density at radius 3 is 2.11 bits per heavy atom. The molecule has 9 nitrogen and oxygen atoms in total. The number of hydrogen-bond donors (Lipinski definition) is 2. The number of aliphatic carboxylic acids is 1. The van der Waals surface area contributed by atoms with Gasteiger partial charge >= 0.3 is 5.97 Å². The predicted octanol–water partition coefficient (Wildman–Crippen LogP) is 5.47. The van der Waals surface area contributed by atoms with E-state index in [1.54, 1.807) is 69.9 Å². The Morgan fingerprint density at radius 2 is 1.43 bits per heavy atom. The van der Waals surface area contributed by atoms with E-state index in [1.807, 2.05) is 42.5 Å². The van der Waals surface area contributed by atoms with Crippen molar-refractivity contribution in [2.45, 2.75) is 19.4 Å². The highest BCUT2D eigenvalue weighted by Gasteiger charge is 2.23. The molecule has 0 spiro atoms. The maximum absolute atomic E-state index is 14.1.